The van der Waals surface area contributed by atoms with E-state index in [9.17, 15) is 5.11 Å². The Kier molecular flexibility index (Phi) is 3.78. The number of halogens is 1. The molecular formula is C17H14ClNO2. The SMILES string of the molecule is COC(c1cccc(O)c1)c1cc(Cl)c2ccccc2n1. The van der Waals surface area contributed by atoms with Gasteiger partial charge in [0, 0.05) is 12.5 Å². The molecule has 0 spiro atoms. The molecule has 0 radical (unpaired) electrons. The summed E-state index contributed by atoms with van der Waals surface area (Å²) < 4.78 is 5.55. The highest BCUT2D eigenvalue weighted by atomic mass is 35.5. The molecule has 21 heavy (non-hydrogen) atoms. The smallest absolute Gasteiger partial charge is 0.124 e. The number of methoxy groups -OCH3 is 1. The van der Waals surface area contributed by atoms with Crippen LogP contribution in [0, 0.1) is 0 Å². The van der Waals surface area contributed by atoms with Crippen LogP contribution >= 0.6 is 11.6 Å². The van der Waals surface area contributed by atoms with Gasteiger partial charge in [-0.15, -0.1) is 0 Å². The first kappa shape index (κ1) is 13.9. The molecule has 3 aromatic rings. The largest absolute Gasteiger partial charge is 0.508 e. The summed E-state index contributed by atoms with van der Waals surface area (Å²) in [6.07, 6.45) is -0.376. The van der Waals surface area contributed by atoms with E-state index in [2.05, 4.69) is 4.98 Å². The van der Waals surface area contributed by atoms with Crippen LogP contribution in [0.5, 0.6) is 5.75 Å². The van der Waals surface area contributed by atoms with Gasteiger partial charge in [-0.3, -0.25) is 0 Å². The summed E-state index contributed by atoms with van der Waals surface area (Å²) in [4.78, 5) is 4.62. The number of hydrogen-bond donors (Lipinski definition) is 1. The molecule has 1 unspecified atom stereocenters. The number of phenolic OH excluding ortho intramolecular Hbond substituents is 1. The Morgan fingerprint density at radius 3 is 2.67 bits per heavy atom. The fourth-order valence-corrected chi connectivity index (χ4v) is 2.67. The minimum absolute atomic E-state index is 0.196. The van der Waals surface area contributed by atoms with Crippen molar-refractivity contribution in [1.82, 2.24) is 4.98 Å². The molecule has 0 saturated heterocycles. The summed E-state index contributed by atoms with van der Waals surface area (Å²) in [5.41, 5.74) is 2.37. The Bertz CT molecular complexity index is 789. The highest BCUT2D eigenvalue weighted by molar-refractivity contribution is 6.35. The number of aromatic nitrogens is 1. The first-order chi connectivity index (χ1) is 10.2. The zero-order valence-electron chi connectivity index (χ0n) is 11.5. The van der Waals surface area contributed by atoms with Gasteiger partial charge in [0.15, 0.2) is 0 Å². The van der Waals surface area contributed by atoms with Gasteiger partial charge >= 0.3 is 0 Å². The summed E-state index contributed by atoms with van der Waals surface area (Å²) in [6, 6.07) is 16.5. The van der Waals surface area contributed by atoms with Crippen LogP contribution in [0.4, 0.5) is 0 Å². The minimum atomic E-state index is -0.376. The van der Waals surface area contributed by atoms with E-state index in [1.165, 1.54) is 0 Å². The van der Waals surface area contributed by atoms with Gasteiger partial charge in [0.1, 0.15) is 11.9 Å². The second-order valence-corrected chi connectivity index (χ2v) is 5.16. The molecule has 1 atom stereocenters. The van der Waals surface area contributed by atoms with Crippen molar-refractivity contribution in [2.45, 2.75) is 6.10 Å². The number of ether oxygens (including phenoxy) is 1. The van der Waals surface area contributed by atoms with Crippen LogP contribution < -0.4 is 0 Å². The highest BCUT2D eigenvalue weighted by Crippen LogP contribution is 2.31. The third-order valence-electron chi connectivity index (χ3n) is 3.36. The molecule has 0 bridgehead atoms. The lowest BCUT2D eigenvalue weighted by molar-refractivity contribution is 0.133. The van der Waals surface area contributed by atoms with E-state index in [-0.39, 0.29) is 11.9 Å². The van der Waals surface area contributed by atoms with Gasteiger partial charge in [0.2, 0.25) is 0 Å². The average Bonchev–Trinajstić information content (AvgIpc) is 2.48. The monoisotopic (exact) mass is 299 g/mol. The van der Waals surface area contributed by atoms with Crippen LogP contribution in [-0.4, -0.2) is 17.2 Å². The fraction of sp³-hybridized carbons (Fsp3) is 0.118. The van der Waals surface area contributed by atoms with Crippen molar-refractivity contribution in [3.63, 3.8) is 0 Å². The number of rotatable bonds is 3. The number of aromatic hydroxyl groups is 1. The van der Waals surface area contributed by atoms with Crippen LogP contribution in [0.1, 0.15) is 17.4 Å². The maximum absolute atomic E-state index is 9.63. The van der Waals surface area contributed by atoms with E-state index in [1.54, 1.807) is 25.3 Å². The van der Waals surface area contributed by atoms with E-state index in [0.29, 0.717) is 10.7 Å². The van der Waals surface area contributed by atoms with Crippen molar-refractivity contribution in [3.8, 4) is 5.75 Å². The van der Waals surface area contributed by atoms with Crippen LogP contribution in [0.15, 0.2) is 54.6 Å². The zero-order valence-corrected chi connectivity index (χ0v) is 12.2. The molecule has 1 aromatic heterocycles. The Morgan fingerprint density at radius 2 is 1.90 bits per heavy atom. The van der Waals surface area contributed by atoms with Crippen molar-refractivity contribution < 1.29 is 9.84 Å². The van der Waals surface area contributed by atoms with E-state index >= 15 is 0 Å². The van der Waals surface area contributed by atoms with Crippen LogP contribution in [-0.2, 0) is 4.74 Å². The number of hydrogen-bond acceptors (Lipinski definition) is 3. The first-order valence-corrected chi connectivity index (χ1v) is 6.94. The maximum atomic E-state index is 9.63. The van der Waals surface area contributed by atoms with Crippen molar-refractivity contribution >= 4 is 22.5 Å². The lowest BCUT2D eigenvalue weighted by Crippen LogP contribution is -2.06. The number of benzene rings is 2. The number of nitrogens with zero attached hydrogens (tertiary/aromatic N) is 1. The average molecular weight is 300 g/mol. The third kappa shape index (κ3) is 2.71. The molecule has 3 rings (SSSR count). The van der Waals surface area contributed by atoms with E-state index in [1.807, 2.05) is 36.4 Å². The van der Waals surface area contributed by atoms with Gasteiger partial charge in [0.25, 0.3) is 0 Å². The molecule has 2 aromatic carbocycles. The second-order valence-electron chi connectivity index (χ2n) is 4.76. The Labute approximate surface area is 127 Å². The molecule has 1 N–H and O–H groups in total. The normalized spacial score (nSPS) is 12.5. The summed E-state index contributed by atoms with van der Waals surface area (Å²) in [6.45, 7) is 0. The molecule has 0 saturated carbocycles. The predicted octanol–water partition coefficient (Wildman–Crippen LogP) is 4.33. The molecule has 0 aliphatic heterocycles. The highest BCUT2D eigenvalue weighted by Gasteiger charge is 2.17. The molecular weight excluding hydrogens is 286 g/mol. The first-order valence-electron chi connectivity index (χ1n) is 6.56. The third-order valence-corrected chi connectivity index (χ3v) is 3.68. The fourth-order valence-electron chi connectivity index (χ4n) is 2.40. The number of phenols is 1. The van der Waals surface area contributed by atoms with Crippen molar-refractivity contribution in [2.75, 3.05) is 7.11 Å². The van der Waals surface area contributed by atoms with Crippen molar-refractivity contribution in [3.05, 3.63) is 70.9 Å². The molecule has 0 fully saturated rings. The Morgan fingerprint density at radius 1 is 1.10 bits per heavy atom. The summed E-state index contributed by atoms with van der Waals surface area (Å²) >= 11 is 6.34. The molecule has 3 nitrogen and oxygen atoms in total. The van der Waals surface area contributed by atoms with Gasteiger partial charge in [-0.2, -0.15) is 0 Å². The quantitative estimate of drug-likeness (QED) is 0.782. The Balaban J connectivity index is 2.13. The number of fused-ring (bicyclic) bond motifs is 1. The summed E-state index contributed by atoms with van der Waals surface area (Å²) in [5, 5.41) is 11.2. The molecule has 4 heteroatoms. The molecule has 1 heterocycles. The van der Waals surface area contributed by atoms with Crippen LogP contribution in [0.3, 0.4) is 0 Å². The maximum Gasteiger partial charge on any atom is 0.124 e. The molecule has 0 amide bonds. The van der Waals surface area contributed by atoms with E-state index in [0.717, 1.165) is 16.5 Å². The summed E-state index contributed by atoms with van der Waals surface area (Å²) in [7, 11) is 1.61. The van der Waals surface area contributed by atoms with Gasteiger partial charge in [-0.1, -0.05) is 41.9 Å². The summed E-state index contributed by atoms with van der Waals surface area (Å²) in [5.74, 6) is 0.196. The standard InChI is InChI=1S/C17H14ClNO2/c1-21-17(11-5-4-6-12(20)9-11)16-10-14(18)13-7-2-3-8-15(13)19-16/h2-10,17,20H,1H3. The van der Waals surface area contributed by atoms with Gasteiger partial charge < -0.3 is 9.84 Å². The Hall–Kier alpha value is -2.10. The second kappa shape index (κ2) is 5.72. The van der Waals surface area contributed by atoms with Crippen LogP contribution in [0.2, 0.25) is 5.02 Å². The molecule has 0 aliphatic carbocycles. The minimum Gasteiger partial charge on any atom is -0.508 e. The topological polar surface area (TPSA) is 42.4 Å². The van der Waals surface area contributed by atoms with E-state index in [4.69, 9.17) is 16.3 Å². The van der Waals surface area contributed by atoms with E-state index < -0.39 is 0 Å². The number of para-hydroxylation sites is 1. The van der Waals surface area contributed by atoms with Gasteiger partial charge in [-0.25, -0.2) is 4.98 Å². The lowest BCUT2D eigenvalue weighted by Gasteiger charge is -2.16. The zero-order chi connectivity index (χ0) is 14.8. The predicted molar refractivity (Wildman–Crippen MR) is 83.7 cm³/mol. The van der Waals surface area contributed by atoms with Crippen molar-refractivity contribution in [2.24, 2.45) is 0 Å². The van der Waals surface area contributed by atoms with Gasteiger partial charge in [-0.05, 0) is 29.8 Å². The van der Waals surface area contributed by atoms with Crippen molar-refractivity contribution in [1.29, 1.82) is 0 Å². The molecule has 106 valence electrons. The molecule has 0 aliphatic rings. The van der Waals surface area contributed by atoms with Gasteiger partial charge in [0.05, 0.1) is 16.2 Å². The van der Waals surface area contributed by atoms with Crippen LogP contribution in [0.25, 0.3) is 10.9 Å². The lowest BCUT2D eigenvalue weighted by atomic mass is 10.0. The number of pyridine rings is 1.